The highest BCUT2D eigenvalue weighted by atomic mass is 16.6. The minimum absolute atomic E-state index is 0.0961. The lowest BCUT2D eigenvalue weighted by atomic mass is 9.95. The molecule has 2 aliphatic rings. The number of hydrogen-bond acceptors (Lipinski definition) is 6. The van der Waals surface area contributed by atoms with E-state index in [4.69, 9.17) is 4.74 Å². The Morgan fingerprint density at radius 1 is 1.03 bits per heavy atom. The number of likely N-dealkylation sites (tertiary alicyclic amines) is 1. The number of non-ortho nitro benzene ring substituents is 1. The number of rotatable bonds is 5. The number of hydrogen-bond donors (Lipinski definition) is 0. The lowest BCUT2D eigenvalue weighted by Gasteiger charge is -2.40. The van der Waals surface area contributed by atoms with Crippen molar-refractivity contribution in [1.82, 2.24) is 9.80 Å². The molecule has 35 heavy (non-hydrogen) atoms. The zero-order chi connectivity index (χ0) is 25.1. The van der Waals surface area contributed by atoms with Crippen molar-refractivity contribution in [2.45, 2.75) is 26.7 Å². The van der Waals surface area contributed by atoms with Crippen LogP contribution >= 0.6 is 0 Å². The number of ether oxygens (including phenoxy) is 1. The first kappa shape index (κ1) is 24.5. The third-order valence-electron chi connectivity index (χ3n) is 7.19. The van der Waals surface area contributed by atoms with E-state index >= 15 is 0 Å². The Bertz CT molecular complexity index is 1130. The Labute approximate surface area is 205 Å². The molecule has 0 radical (unpaired) electrons. The van der Waals surface area contributed by atoms with Gasteiger partial charge in [0.25, 0.3) is 11.6 Å². The van der Waals surface area contributed by atoms with E-state index < -0.39 is 4.92 Å². The molecule has 0 aliphatic carbocycles. The molecule has 1 unspecified atom stereocenters. The Kier molecular flexibility index (Phi) is 7.23. The predicted molar refractivity (Wildman–Crippen MR) is 133 cm³/mol. The number of nitro groups is 1. The van der Waals surface area contributed by atoms with E-state index in [2.05, 4.69) is 36.9 Å². The molecule has 2 heterocycles. The van der Waals surface area contributed by atoms with Crippen LogP contribution in [0.1, 0.15) is 34.3 Å². The summed E-state index contributed by atoms with van der Waals surface area (Å²) in [5, 5.41) is 11.1. The molecular weight excluding hydrogens is 448 g/mol. The number of carbonyl (C=O) groups is 2. The van der Waals surface area contributed by atoms with Crippen LogP contribution in [0, 0.1) is 29.9 Å². The topological polar surface area (TPSA) is 96.2 Å². The van der Waals surface area contributed by atoms with Gasteiger partial charge >= 0.3 is 0 Å². The van der Waals surface area contributed by atoms with Gasteiger partial charge in [0.05, 0.1) is 29.6 Å². The highest BCUT2D eigenvalue weighted by molar-refractivity contribution is 5.97. The van der Waals surface area contributed by atoms with Crippen molar-refractivity contribution in [1.29, 1.82) is 0 Å². The van der Waals surface area contributed by atoms with E-state index in [1.54, 1.807) is 4.90 Å². The van der Waals surface area contributed by atoms with Gasteiger partial charge in [-0.15, -0.1) is 0 Å². The zero-order valence-corrected chi connectivity index (χ0v) is 20.5. The highest BCUT2D eigenvalue weighted by Crippen LogP contribution is 2.29. The quantitative estimate of drug-likeness (QED) is 0.481. The van der Waals surface area contributed by atoms with E-state index in [0.29, 0.717) is 26.2 Å². The number of amides is 2. The second kappa shape index (κ2) is 10.3. The maximum Gasteiger partial charge on any atom is 0.273 e. The number of nitrogens with zero attached hydrogens (tertiary/aromatic N) is 4. The normalized spacial score (nSPS) is 18.4. The summed E-state index contributed by atoms with van der Waals surface area (Å²) >= 11 is 0. The van der Waals surface area contributed by atoms with Crippen molar-refractivity contribution < 1.29 is 19.2 Å². The van der Waals surface area contributed by atoms with Gasteiger partial charge in [-0.1, -0.05) is 12.1 Å². The van der Waals surface area contributed by atoms with Crippen LogP contribution in [0.2, 0.25) is 0 Å². The molecule has 9 nitrogen and oxygen atoms in total. The highest BCUT2D eigenvalue weighted by Gasteiger charge is 2.34. The predicted octanol–water partition coefficient (Wildman–Crippen LogP) is 3.42. The van der Waals surface area contributed by atoms with Crippen molar-refractivity contribution in [2.24, 2.45) is 5.92 Å². The summed E-state index contributed by atoms with van der Waals surface area (Å²) in [5.41, 5.74) is 3.90. The van der Waals surface area contributed by atoms with Gasteiger partial charge in [-0.2, -0.15) is 0 Å². The molecule has 0 spiro atoms. The third-order valence-corrected chi connectivity index (χ3v) is 7.19. The molecule has 0 aromatic heterocycles. The van der Waals surface area contributed by atoms with Gasteiger partial charge in [-0.3, -0.25) is 19.7 Å². The standard InChI is InChI=1S/C26H32N4O5/c1-18-6-4-8-23(19(18)2)27-12-14-28(15-13-27)25(31)20-7-5-11-29(17-20)26(32)22-10-9-21(30(33)34)16-24(22)35-3/h4,6,8-10,16,20H,5,7,11-15,17H2,1-3H3. The molecule has 2 aromatic rings. The maximum atomic E-state index is 13.3. The van der Waals surface area contributed by atoms with Gasteiger partial charge in [0.2, 0.25) is 5.91 Å². The summed E-state index contributed by atoms with van der Waals surface area (Å²) in [4.78, 5) is 43.0. The fraction of sp³-hybridized carbons (Fsp3) is 0.462. The van der Waals surface area contributed by atoms with E-state index in [1.165, 1.54) is 42.1 Å². The average Bonchev–Trinajstić information content (AvgIpc) is 2.89. The summed E-state index contributed by atoms with van der Waals surface area (Å²) in [6.45, 7) is 8.02. The SMILES string of the molecule is COc1cc([N+](=O)[O-])ccc1C(=O)N1CCCC(C(=O)N2CCN(c3cccc(C)c3C)CC2)C1. The number of carbonyl (C=O) groups excluding carboxylic acids is 2. The number of piperidine rings is 1. The van der Waals surface area contributed by atoms with Gasteiger partial charge in [0, 0.05) is 51.0 Å². The van der Waals surface area contributed by atoms with Crippen molar-refractivity contribution >= 4 is 23.2 Å². The van der Waals surface area contributed by atoms with Crippen molar-refractivity contribution in [2.75, 3.05) is 51.3 Å². The fourth-order valence-electron chi connectivity index (χ4n) is 5.01. The Morgan fingerprint density at radius 2 is 1.77 bits per heavy atom. The lowest BCUT2D eigenvalue weighted by Crippen LogP contribution is -2.53. The molecule has 9 heteroatoms. The number of anilines is 1. The Balaban J connectivity index is 1.39. The lowest BCUT2D eigenvalue weighted by molar-refractivity contribution is -0.384. The summed E-state index contributed by atoms with van der Waals surface area (Å²) in [6.07, 6.45) is 1.48. The maximum absolute atomic E-state index is 13.3. The molecule has 4 rings (SSSR count). The van der Waals surface area contributed by atoms with Crippen LogP contribution in [0.3, 0.4) is 0 Å². The summed E-state index contributed by atoms with van der Waals surface area (Å²) in [6, 6.07) is 10.3. The Morgan fingerprint density at radius 3 is 2.46 bits per heavy atom. The molecule has 186 valence electrons. The van der Waals surface area contributed by atoms with Gasteiger partial charge in [-0.05, 0) is 49.9 Å². The molecule has 1 atom stereocenters. The van der Waals surface area contributed by atoms with Gasteiger partial charge in [0.15, 0.2) is 0 Å². The largest absolute Gasteiger partial charge is 0.496 e. The summed E-state index contributed by atoms with van der Waals surface area (Å²) in [5.74, 6) is -0.253. The number of nitro benzene ring substituents is 1. The van der Waals surface area contributed by atoms with Crippen molar-refractivity contribution in [3.05, 3.63) is 63.2 Å². The van der Waals surface area contributed by atoms with Crippen LogP contribution in [-0.2, 0) is 4.79 Å². The van der Waals surface area contributed by atoms with Gasteiger partial charge < -0.3 is 19.4 Å². The summed E-state index contributed by atoms with van der Waals surface area (Å²) < 4.78 is 5.25. The first-order chi connectivity index (χ1) is 16.8. The second-order valence-electron chi connectivity index (χ2n) is 9.26. The number of aryl methyl sites for hydroxylation is 1. The monoisotopic (exact) mass is 480 g/mol. The number of methoxy groups -OCH3 is 1. The van der Waals surface area contributed by atoms with Crippen molar-refractivity contribution in [3.63, 3.8) is 0 Å². The first-order valence-electron chi connectivity index (χ1n) is 12.0. The fourth-order valence-corrected chi connectivity index (χ4v) is 5.01. The molecule has 2 fully saturated rings. The minimum atomic E-state index is -0.521. The third kappa shape index (κ3) is 5.08. The smallest absolute Gasteiger partial charge is 0.273 e. The van der Waals surface area contributed by atoms with E-state index in [0.717, 1.165) is 25.9 Å². The molecular formula is C26H32N4O5. The van der Waals surface area contributed by atoms with Crippen LogP contribution in [-0.4, -0.2) is 72.9 Å². The zero-order valence-electron chi connectivity index (χ0n) is 20.5. The first-order valence-corrected chi connectivity index (χ1v) is 12.0. The van der Waals surface area contributed by atoms with Gasteiger partial charge in [-0.25, -0.2) is 0 Å². The van der Waals surface area contributed by atoms with Crippen molar-refractivity contribution in [3.8, 4) is 5.75 Å². The Hall–Kier alpha value is -3.62. The minimum Gasteiger partial charge on any atom is -0.496 e. The molecule has 0 saturated carbocycles. The van der Waals surface area contributed by atoms with Crippen LogP contribution < -0.4 is 9.64 Å². The van der Waals surface area contributed by atoms with Crippen LogP contribution in [0.5, 0.6) is 5.75 Å². The van der Waals surface area contributed by atoms with E-state index in [1.807, 2.05) is 4.90 Å². The average molecular weight is 481 g/mol. The van der Waals surface area contributed by atoms with E-state index in [-0.39, 0.29) is 34.7 Å². The molecule has 0 bridgehead atoms. The molecule has 2 amide bonds. The molecule has 2 aliphatic heterocycles. The number of benzene rings is 2. The molecule has 2 saturated heterocycles. The number of piperazine rings is 1. The van der Waals surface area contributed by atoms with Gasteiger partial charge in [0.1, 0.15) is 5.75 Å². The van der Waals surface area contributed by atoms with Crippen LogP contribution in [0.15, 0.2) is 36.4 Å². The van der Waals surface area contributed by atoms with Crippen LogP contribution in [0.25, 0.3) is 0 Å². The van der Waals surface area contributed by atoms with E-state index in [9.17, 15) is 19.7 Å². The van der Waals surface area contributed by atoms with Crippen LogP contribution in [0.4, 0.5) is 11.4 Å². The summed E-state index contributed by atoms with van der Waals surface area (Å²) in [7, 11) is 1.39. The molecule has 2 aromatic carbocycles. The molecule has 0 N–H and O–H groups in total. The second-order valence-corrected chi connectivity index (χ2v) is 9.26.